The molecular weight excluding hydrogens is 1510 g/mol. The summed E-state index contributed by atoms with van der Waals surface area (Å²) < 4.78 is 61.5. The van der Waals surface area contributed by atoms with Crippen LogP contribution in [0.5, 0.6) is 0 Å². The molecule has 0 aliphatic heterocycles. The Labute approximate surface area is 713 Å². The molecule has 0 aromatic carbocycles. The Kier molecular flexibility index (Phi) is 86.2. The Morgan fingerprint density at radius 2 is 0.453 bits per heavy atom. The number of carbonyl (C=O) groups excluding carboxylic acids is 3. The number of phosphoric ester groups is 2. The van der Waals surface area contributed by atoms with Crippen LogP contribution in [0.25, 0.3) is 0 Å². The molecule has 18 heteroatoms. The number of allylic oxidation sites excluding steroid dienone is 28. The van der Waals surface area contributed by atoms with Gasteiger partial charge in [-0.25, -0.2) is 9.13 Å². The number of rotatable bonds is 87. The third kappa shape index (κ3) is 91.5. The molecular formula is C99H168O16P2. The van der Waals surface area contributed by atoms with Gasteiger partial charge in [0, 0.05) is 19.3 Å². The van der Waals surface area contributed by atoms with Gasteiger partial charge in [-0.1, -0.05) is 371 Å². The highest BCUT2D eigenvalue weighted by Gasteiger charge is 2.29. The Morgan fingerprint density at radius 1 is 0.248 bits per heavy atom. The number of phosphoric acid groups is 2. The zero-order chi connectivity index (χ0) is 85.1. The van der Waals surface area contributed by atoms with Gasteiger partial charge < -0.3 is 34.2 Å². The maximum atomic E-state index is 13.1. The monoisotopic (exact) mass is 1680 g/mol. The zero-order valence-corrected chi connectivity index (χ0v) is 75.6. The summed E-state index contributed by atoms with van der Waals surface area (Å²) in [5, 5.41) is 20.7. The van der Waals surface area contributed by atoms with Crippen LogP contribution in [-0.2, 0) is 55.8 Å². The molecule has 117 heavy (non-hydrogen) atoms. The van der Waals surface area contributed by atoms with Crippen LogP contribution in [0.15, 0.2) is 170 Å². The van der Waals surface area contributed by atoms with Gasteiger partial charge in [-0.15, -0.1) is 0 Å². The van der Waals surface area contributed by atoms with Crippen LogP contribution in [-0.4, -0.2) is 95.9 Å². The fraction of sp³-hybridized carbons (Fsp3) is 0.687. The second kappa shape index (κ2) is 90.2. The van der Waals surface area contributed by atoms with Gasteiger partial charge in [0.25, 0.3) is 0 Å². The molecule has 0 saturated carbocycles. The van der Waals surface area contributed by atoms with Crippen molar-refractivity contribution < 1.29 is 75.8 Å². The first-order chi connectivity index (χ1) is 57.2. The van der Waals surface area contributed by atoms with Crippen molar-refractivity contribution in [3.05, 3.63) is 170 Å². The molecule has 670 valence electrons. The van der Waals surface area contributed by atoms with Crippen molar-refractivity contribution in [2.24, 2.45) is 0 Å². The Hall–Kier alpha value is -5.09. The van der Waals surface area contributed by atoms with Crippen molar-refractivity contribution in [3.8, 4) is 0 Å². The minimum absolute atomic E-state index is 0.0765. The van der Waals surface area contributed by atoms with Gasteiger partial charge in [-0.3, -0.25) is 32.5 Å². The molecule has 0 radical (unpaired) electrons. The van der Waals surface area contributed by atoms with Gasteiger partial charge in [0.1, 0.15) is 25.4 Å². The number of ether oxygens (including phenoxy) is 3. The summed E-state index contributed by atoms with van der Waals surface area (Å²) in [6, 6.07) is 0. The molecule has 0 bridgehead atoms. The lowest BCUT2D eigenvalue weighted by Gasteiger charge is -2.21. The quantitative estimate of drug-likeness (QED) is 0.0146. The normalized spacial score (nSPS) is 14.6. The van der Waals surface area contributed by atoms with Crippen molar-refractivity contribution in [2.45, 2.75) is 399 Å². The zero-order valence-electron chi connectivity index (χ0n) is 73.8. The van der Waals surface area contributed by atoms with Crippen LogP contribution in [0.4, 0.5) is 0 Å². The number of hydrogen-bond acceptors (Lipinski definition) is 14. The number of aliphatic hydroxyl groups excluding tert-OH is 2. The van der Waals surface area contributed by atoms with Crippen molar-refractivity contribution in [1.29, 1.82) is 0 Å². The number of carbonyl (C=O) groups is 3. The van der Waals surface area contributed by atoms with E-state index in [0.717, 1.165) is 180 Å². The van der Waals surface area contributed by atoms with E-state index in [1.165, 1.54) is 141 Å². The standard InChI is InChI=1S/C99H168O16P2/c1-4-7-10-13-16-19-22-25-28-31-34-37-39-41-43-44-45-46-47-48-50-52-53-56-58-61-64-67-70-73-76-79-82-85-97(102)109-88-94(100)89-111-116(105,106)112-90-95(101)91-113-117(107,108)114-93-96(115-99(104)87-84-81-78-75-72-69-66-63-60-55-36-33-30-27-24-21-18-15-12-9-6-3)92-110-98(103)86-83-80-77-74-71-68-65-62-59-57-54-51-49-42-40-38-35-32-29-26-23-20-17-14-11-8-5-2/h8,11,16-21,25-30,34-38,41-43,49,54-55,57,63,66,94-96,100-101H,4-7,9-10,12-15,22-24,31-33,39-40,44-48,50-53,56,58-62,64-65,67-93H2,1-3H3,(H,105,106)(H,107,108)/b11-8-,19-16-,20-17-,21-18-,28-25-,29-26-,30-27-,37-34-,38-35-,43-41-,49-42-,55-36-,57-54-,66-63-. The molecule has 16 nitrogen and oxygen atoms in total. The second-order valence-electron chi connectivity index (χ2n) is 30.7. The summed E-state index contributed by atoms with van der Waals surface area (Å²) in [5.41, 5.74) is 0. The van der Waals surface area contributed by atoms with Gasteiger partial charge in [0.15, 0.2) is 6.10 Å². The Morgan fingerprint density at radius 3 is 0.718 bits per heavy atom. The molecule has 0 amide bonds. The molecule has 0 heterocycles. The highest BCUT2D eigenvalue weighted by molar-refractivity contribution is 7.47. The fourth-order valence-electron chi connectivity index (χ4n) is 12.4. The van der Waals surface area contributed by atoms with E-state index >= 15 is 0 Å². The SMILES string of the molecule is CC/C=C\C/C=C\C/C=C\C/C=C\C/C=C\C/C=C\CCCCCCCCCCC(=O)OCC(COP(=O)(O)OCC(O)COP(=O)(O)OCC(O)COC(=O)CCCCCCCCCCCCCCCCCCC/C=C\C/C=C\C/C=C\C/C=C\CCCCC)OC(=O)CCCCCCC/C=C\C/C=C\C/C=C\C/C=C\CCCCC. The lowest BCUT2D eigenvalue weighted by Crippen LogP contribution is -2.30. The van der Waals surface area contributed by atoms with Crippen LogP contribution in [0.3, 0.4) is 0 Å². The van der Waals surface area contributed by atoms with Crippen molar-refractivity contribution in [3.63, 3.8) is 0 Å². The maximum Gasteiger partial charge on any atom is 0.472 e. The molecule has 0 aliphatic rings. The van der Waals surface area contributed by atoms with Gasteiger partial charge in [-0.2, -0.15) is 0 Å². The molecule has 5 unspecified atom stereocenters. The predicted octanol–water partition coefficient (Wildman–Crippen LogP) is 28.7. The first kappa shape index (κ1) is 112. The summed E-state index contributed by atoms with van der Waals surface area (Å²) in [5.74, 6) is -1.60. The van der Waals surface area contributed by atoms with Gasteiger partial charge in [0.2, 0.25) is 0 Å². The van der Waals surface area contributed by atoms with E-state index in [1.54, 1.807) is 0 Å². The van der Waals surface area contributed by atoms with Crippen molar-refractivity contribution in [2.75, 3.05) is 39.6 Å². The number of aliphatic hydroxyl groups is 2. The third-order valence-electron chi connectivity index (χ3n) is 19.4. The lowest BCUT2D eigenvalue weighted by atomic mass is 10.0. The topological polar surface area (TPSA) is 231 Å². The minimum Gasteiger partial charge on any atom is -0.463 e. The van der Waals surface area contributed by atoms with Crippen LogP contribution in [0.1, 0.15) is 380 Å². The molecule has 4 N–H and O–H groups in total. The number of unbranched alkanes of at least 4 members (excludes halogenated alkanes) is 36. The smallest absolute Gasteiger partial charge is 0.463 e. The Balaban J connectivity index is 4.59. The molecule has 0 aromatic heterocycles. The van der Waals surface area contributed by atoms with E-state index in [0.29, 0.717) is 19.3 Å². The van der Waals surface area contributed by atoms with Crippen LogP contribution >= 0.6 is 15.6 Å². The highest BCUT2D eigenvalue weighted by atomic mass is 31.2. The average Bonchev–Trinajstić information content (AvgIpc) is 0.894. The van der Waals surface area contributed by atoms with E-state index in [-0.39, 0.29) is 19.3 Å². The average molecular weight is 1680 g/mol. The van der Waals surface area contributed by atoms with Gasteiger partial charge in [0.05, 0.1) is 26.4 Å². The summed E-state index contributed by atoms with van der Waals surface area (Å²) in [6.45, 7) is 2.52. The first-order valence-electron chi connectivity index (χ1n) is 46.4. The van der Waals surface area contributed by atoms with E-state index in [1.807, 2.05) is 0 Å². The van der Waals surface area contributed by atoms with Crippen molar-refractivity contribution in [1.82, 2.24) is 0 Å². The summed E-state index contributed by atoms with van der Waals surface area (Å²) in [7, 11) is -9.82. The lowest BCUT2D eigenvalue weighted by molar-refractivity contribution is -0.161. The third-order valence-corrected chi connectivity index (χ3v) is 21.3. The number of hydrogen-bond donors (Lipinski definition) is 4. The molecule has 5 atom stereocenters. The molecule has 0 aliphatic carbocycles. The van der Waals surface area contributed by atoms with E-state index in [9.17, 15) is 43.5 Å². The fourth-order valence-corrected chi connectivity index (χ4v) is 14.0. The van der Waals surface area contributed by atoms with E-state index < -0.39 is 91.5 Å². The van der Waals surface area contributed by atoms with Gasteiger partial charge in [-0.05, 0) is 161 Å². The van der Waals surface area contributed by atoms with Gasteiger partial charge >= 0.3 is 33.6 Å². The molecule has 0 aromatic rings. The molecule has 0 saturated heterocycles. The first-order valence-corrected chi connectivity index (χ1v) is 49.4. The molecule has 0 spiro atoms. The van der Waals surface area contributed by atoms with E-state index in [4.69, 9.17) is 32.3 Å². The van der Waals surface area contributed by atoms with Crippen LogP contribution in [0.2, 0.25) is 0 Å². The largest absolute Gasteiger partial charge is 0.472 e. The summed E-state index contributed by atoms with van der Waals surface area (Å²) in [6.07, 6.45) is 117. The maximum absolute atomic E-state index is 13.1. The second-order valence-corrected chi connectivity index (χ2v) is 33.6. The van der Waals surface area contributed by atoms with E-state index in [2.05, 4.69) is 191 Å². The Bertz CT molecular complexity index is 2810. The summed E-state index contributed by atoms with van der Waals surface area (Å²) in [4.78, 5) is 59.0. The summed E-state index contributed by atoms with van der Waals surface area (Å²) >= 11 is 0. The van der Waals surface area contributed by atoms with Crippen LogP contribution in [0, 0.1) is 0 Å². The predicted molar refractivity (Wildman–Crippen MR) is 491 cm³/mol. The van der Waals surface area contributed by atoms with Crippen LogP contribution < -0.4 is 0 Å². The minimum atomic E-state index is -4.95. The molecule has 0 rings (SSSR count). The molecule has 0 fully saturated rings. The number of esters is 3. The van der Waals surface area contributed by atoms with Crippen molar-refractivity contribution >= 4 is 33.6 Å². The highest BCUT2D eigenvalue weighted by Crippen LogP contribution is 2.45.